The minimum Gasteiger partial charge on any atom is -0.475 e. The summed E-state index contributed by atoms with van der Waals surface area (Å²) in [7, 11) is 1.80. The third kappa shape index (κ3) is 4.59. The fourth-order valence-electron chi connectivity index (χ4n) is 4.49. The molecule has 2 heterocycles. The van der Waals surface area contributed by atoms with Gasteiger partial charge in [0.15, 0.2) is 0 Å². The third-order valence-corrected chi connectivity index (χ3v) is 6.06. The molecule has 2 atom stereocenters. The first-order valence-electron chi connectivity index (χ1n) is 11.2. The second-order valence-electron chi connectivity index (χ2n) is 8.61. The minimum atomic E-state index is 0.111. The van der Waals surface area contributed by atoms with Crippen molar-refractivity contribution < 1.29 is 9.47 Å². The Morgan fingerprint density at radius 1 is 1.10 bits per heavy atom. The van der Waals surface area contributed by atoms with Crippen molar-refractivity contribution in [2.24, 2.45) is 5.92 Å². The van der Waals surface area contributed by atoms with Gasteiger partial charge in [0, 0.05) is 25.3 Å². The Kier molecular flexibility index (Phi) is 7.30. The Labute approximate surface area is 181 Å². The Bertz CT molecular complexity index is 917. The number of allylic oxidation sites excluding steroid dienone is 2. The monoisotopic (exact) mass is 408 g/mol. The molecule has 0 aliphatic heterocycles. The van der Waals surface area contributed by atoms with E-state index in [2.05, 4.69) is 45.9 Å². The van der Waals surface area contributed by atoms with E-state index in [4.69, 9.17) is 19.4 Å². The van der Waals surface area contributed by atoms with E-state index in [1.54, 1.807) is 7.11 Å². The summed E-state index contributed by atoms with van der Waals surface area (Å²) < 4.78 is 11.3. The predicted octanol–water partition coefficient (Wildman–Crippen LogP) is 6.36. The summed E-state index contributed by atoms with van der Waals surface area (Å²) in [5.74, 6) is 1.65. The van der Waals surface area contributed by atoms with Gasteiger partial charge in [-0.05, 0) is 75.1 Å². The number of methoxy groups -OCH3 is 1. The molecule has 4 nitrogen and oxygen atoms in total. The van der Waals surface area contributed by atoms with Gasteiger partial charge < -0.3 is 9.47 Å². The molecule has 0 saturated carbocycles. The minimum absolute atomic E-state index is 0.111. The topological polar surface area (TPSA) is 44.2 Å². The number of hydrogen-bond donors (Lipinski definition) is 0. The molecule has 2 aromatic heterocycles. The molecular weight excluding hydrogens is 372 g/mol. The van der Waals surface area contributed by atoms with Crippen molar-refractivity contribution >= 4 is 5.57 Å². The van der Waals surface area contributed by atoms with Crippen LogP contribution in [-0.4, -0.2) is 29.8 Å². The van der Waals surface area contributed by atoms with Gasteiger partial charge in [-0.15, -0.1) is 0 Å². The molecule has 0 radical (unpaired) electrons. The van der Waals surface area contributed by atoms with Gasteiger partial charge in [0.2, 0.25) is 5.88 Å². The van der Waals surface area contributed by atoms with Gasteiger partial charge in [-0.2, -0.15) is 0 Å². The van der Waals surface area contributed by atoms with Crippen molar-refractivity contribution in [2.45, 2.75) is 72.8 Å². The summed E-state index contributed by atoms with van der Waals surface area (Å²) in [6.07, 6.45) is 5.46. The maximum absolute atomic E-state index is 5.81. The molecule has 2 aromatic rings. The van der Waals surface area contributed by atoms with E-state index in [9.17, 15) is 0 Å². The summed E-state index contributed by atoms with van der Waals surface area (Å²) in [4.78, 5) is 9.97. The zero-order valence-electron chi connectivity index (χ0n) is 19.6. The van der Waals surface area contributed by atoms with Gasteiger partial charge >= 0.3 is 0 Å². The largest absolute Gasteiger partial charge is 0.475 e. The number of aryl methyl sites for hydroxylation is 2. The van der Waals surface area contributed by atoms with Gasteiger partial charge in [0.1, 0.15) is 0 Å². The lowest BCUT2D eigenvalue weighted by molar-refractivity contribution is 0.135. The third-order valence-electron chi connectivity index (χ3n) is 6.06. The van der Waals surface area contributed by atoms with Crippen LogP contribution >= 0.6 is 0 Å². The zero-order chi connectivity index (χ0) is 21.8. The highest BCUT2D eigenvalue weighted by Crippen LogP contribution is 2.41. The van der Waals surface area contributed by atoms with Gasteiger partial charge in [0.05, 0.1) is 23.2 Å². The van der Waals surface area contributed by atoms with Crippen LogP contribution in [0, 0.1) is 12.8 Å². The van der Waals surface area contributed by atoms with Crippen LogP contribution in [0.15, 0.2) is 24.3 Å². The fourth-order valence-corrected chi connectivity index (χ4v) is 4.49. The lowest BCUT2D eigenvalue weighted by atomic mass is 9.76. The molecule has 0 bridgehead atoms. The molecule has 0 spiro atoms. The number of hydrogen-bond acceptors (Lipinski definition) is 4. The Balaban J connectivity index is 2.07. The molecule has 0 saturated heterocycles. The molecule has 2 unspecified atom stereocenters. The second kappa shape index (κ2) is 9.74. The van der Waals surface area contributed by atoms with Crippen LogP contribution in [-0.2, 0) is 11.2 Å². The highest BCUT2D eigenvalue weighted by Gasteiger charge is 2.29. The number of pyridine rings is 2. The van der Waals surface area contributed by atoms with E-state index in [0.29, 0.717) is 17.7 Å². The highest BCUT2D eigenvalue weighted by molar-refractivity contribution is 5.73. The van der Waals surface area contributed by atoms with Gasteiger partial charge in [-0.25, -0.2) is 9.97 Å². The lowest BCUT2D eigenvalue weighted by Crippen LogP contribution is -2.21. The van der Waals surface area contributed by atoms with Crippen molar-refractivity contribution in [2.75, 3.05) is 13.7 Å². The quantitative estimate of drug-likeness (QED) is 0.509. The normalized spacial score (nSPS) is 16.9. The van der Waals surface area contributed by atoms with Crippen LogP contribution in [0.25, 0.3) is 16.8 Å². The van der Waals surface area contributed by atoms with Crippen LogP contribution in [0.4, 0.5) is 0 Å². The molecule has 0 fully saturated rings. The highest BCUT2D eigenvalue weighted by atomic mass is 16.5. The first-order chi connectivity index (χ1) is 14.4. The number of nitrogens with zero attached hydrogens (tertiary/aromatic N) is 2. The molecule has 3 rings (SSSR count). The summed E-state index contributed by atoms with van der Waals surface area (Å²) in [6.45, 7) is 13.6. The molecule has 0 aromatic carbocycles. The molecule has 1 aliphatic carbocycles. The van der Waals surface area contributed by atoms with E-state index in [-0.39, 0.29) is 6.10 Å². The summed E-state index contributed by atoms with van der Waals surface area (Å²) in [5.41, 5.74) is 8.13. The van der Waals surface area contributed by atoms with E-state index >= 15 is 0 Å². The van der Waals surface area contributed by atoms with Crippen molar-refractivity contribution in [1.82, 2.24) is 9.97 Å². The first-order valence-corrected chi connectivity index (χ1v) is 11.2. The lowest BCUT2D eigenvalue weighted by Gasteiger charge is -2.31. The van der Waals surface area contributed by atoms with Crippen molar-refractivity contribution in [3.8, 4) is 17.1 Å². The van der Waals surface area contributed by atoms with Crippen LogP contribution in [0.5, 0.6) is 5.88 Å². The summed E-state index contributed by atoms with van der Waals surface area (Å²) in [5, 5.41) is 0. The molecule has 1 aliphatic rings. The molecule has 0 amide bonds. The Hall–Kier alpha value is -2.20. The van der Waals surface area contributed by atoms with Crippen molar-refractivity contribution in [3.05, 3.63) is 46.8 Å². The number of fused-ring (bicyclic) bond motifs is 1. The average Bonchev–Trinajstić information content (AvgIpc) is 2.72. The molecular formula is C26H36N2O2. The summed E-state index contributed by atoms with van der Waals surface area (Å²) >= 11 is 0. The Morgan fingerprint density at radius 2 is 1.87 bits per heavy atom. The smallest absolute Gasteiger partial charge is 0.213 e. The fraction of sp³-hybridized carbons (Fsp3) is 0.538. The maximum Gasteiger partial charge on any atom is 0.213 e. The van der Waals surface area contributed by atoms with E-state index < -0.39 is 0 Å². The van der Waals surface area contributed by atoms with E-state index in [1.165, 1.54) is 16.7 Å². The van der Waals surface area contributed by atoms with E-state index in [1.807, 2.05) is 19.9 Å². The van der Waals surface area contributed by atoms with Crippen LogP contribution < -0.4 is 4.74 Å². The number of aromatic nitrogens is 2. The van der Waals surface area contributed by atoms with Gasteiger partial charge in [0.25, 0.3) is 0 Å². The van der Waals surface area contributed by atoms with E-state index in [0.717, 1.165) is 48.5 Å². The molecule has 162 valence electrons. The molecule has 4 heteroatoms. The summed E-state index contributed by atoms with van der Waals surface area (Å²) in [6, 6.07) is 6.44. The zero-order valence-corrected chi connectivity index (χ0v) is 19.6. The average molecular weight is 409 g/mol. The SMILES string of the molecule is CCc1nc(OC(C)C)ccc1-c1nc2c(cc1C)C(C(CC)COC)CC=C2C. The molecule has 30 heavy (non-hydrogen) atoms. The number of rotatable bonds is 8. The van der Waals surface area contributed by atoms with Crippen molar-refractivity contribution in [1.29, 1.82) is 0 Å². The predicted molar refractivity (Wildman–Crippen MR) is 124 cm³/mol. The van der Waals surface area contributed by atoms with Gasteiger partial charge in [-0.3, -0.25) is 0 Å². The first kappa shape index (κ1) is 22.5. The van der Waals surface area contributed by atoms with Crippen molar-refractivity contribution in [3.63, 3.8) is 0 Å². The maximum atomic E-state index is 5.81. The Morgan fingerprint density at radius 3 is 2.50 bits per heavy atom. The van der Waals surface area contributed by atoms with Crippen LogP contribution in [0.2, 0.25) is 0 Å². The number of ether oxygens (including phenoxy) is 2. The molecule has 0 N–H and O–H groups in total. The van der Waals surface area contributed by atoms with Crippen LogP contribution in [0.3, 0.4) is 0 Å². The standard InChI is InChI=1S/C26H36N2O2/c1-8-19(15-29-7)20-11-10-17(5)25-22(20)14-18(6)26(28-25)21-12-13-24(30-16(3)4)27-23(21)9-2/h10,12-14,16,19-20H,8-9,11,15H2,1-7H3. The second-order valence-corrected chi connectivity index (χ2v) is 8.61. The van der Waals surface area contributed by atoms with Gasteiger partial charge in [-0.1, -0.05) is 32.4 Å². The van der Waals surface area contributed by atoms with Crippen LogP contribution in [0.1, 0.15) is 75.9 Å².